The molecule has 0 aliphatic rings. The lowest BCUT2D eigenvalue weighted by Gasteiger charge is -2.11. The van der Waals surface area contributed by atoms with Crippen molar-refractivity contribution < 1.29 is 18.8 Å². The molecular formula is C11H15NO4S. The normalized spacial score (nSPS) is 12.2. The topological polar surface area (TPSA) is 76.5 Å². The smallest absolute Gasteiger partial charge is 0.316 e. The zero-order chi connectivity index (χ0) is 13.0. The summed E-state index contributed by atoms with van der Waals surface area (Å²) in [4.78, 5) is 14.6. The molecule has 0 radical (unpaired) electrons. The van der Waals surface area contributed by atoms with Crippen LogP contribution in [0.2, 0.25) is 0 Å². The SMILES string of the molecule is COc1c(C)cnc(CS(=O)CC(=O)O)c1C. The van der Waals surface area contributed by atoms with Crippen LogP contribution in [-0.2, 0) is 21.3 Å². The van der Waals surface area contributed by atoms with E-state index in [1.54, 1.807) is 13.3 Å². The Kier molecular flexibility index (Phi) is 4.62. The van der Waals surface area contributed by atoms with Crippen LogP contribution in [0.3, 0.4) is 0 Å². The number of pyridine rings is 1. The second-order valence-electron chi connectivity index (χ2n) is 3.67. The lowest BCUT2D eigenvalue weighted by molar-refractivity contribution is -0.133. The Morgan fingerprint density at radius 1 is 1.53 bits per heavy atom. The molecule has 0 spiro atoms. The number of carboxylic acids is 1. The summed E-state index contributed by atoms with van der Waals surface area (Å²) in [6.45, 7) is 3.70. The van der Waals surface area contributed by atoms with Gasteiger partial charge in [0.05, 0.1) is 18.6 Å². The van der Waals surface area contributed by atoms with Crippen LogP contribution >= 0.6 is 0 Å². The minimum atomic E-state index is -1.45. The van der Waals surface area contributed by atoms with Crippen LogP contribution < -0.4 is 4.74 Å². The fraction of sp³-hybridized carbons (Fsp3) is 0.455. The number of ether oxygens (including phenoxy) is 1. The summed E-state index contributed by atoms with van der Waals surface area (Å²) in [7, 11) is 0.117. The van der Waals surface area contributed by atoms with E-state index in [9.17, 15) is 9.00 Å². The van der Waals surface area contributed by atoms with Gasteiger partial charge in [-0.05, 0) is 13.8 Å². The van der Waals surface area contributed by atoms with E-state index < -0.39 is 16.8 Å². The predicted octanol–water partition coefficient (Wildman–Crippen LogP) is 1.04. The van der Waals surface area contributed by atoms with Gasteiger partial charge in [0.15, 0.2) is 0 Å². The van der Waals surface area contributed by atoms with Crippen LogP contribution in [-0.4, -0.2) is 33.1 Å². The fourth-order valence-corrected chi connectivity index (χ4v) is 2.53. The van der Waals surface area contributed by atoms with Crippen molar-refractivity contribution >= 4 is 16.8 Å². The number of rotatable bonds is 5. The second kappa shape index (κ2) is 5.77. The Balaban J connectivity index is 2.92. The maximum atomic E-state index is 11.5. The van der Waals surface area contributed by atoms with Crippen molar-refractivity contribution in [3.63, 3.8) is 0 Å². The van der Waals surface area contributed by atoms with Crippen LogP contribution in [0.4, 0.5) is 0 Å². The van der Waals surface area contributed by atoms with Gasteiger partial charge in [0.1, 0.15) is 11.5 Å². The Labute approximate surface area is 102 Å². The van der Waals surface area contributed by atoms with Crippen LogP contribution in [0.25, 0.3) is 0 Å². The molecule has 1 N–H and O–H groups in total. The maximum absolute atomic E-state index is 11.5. The molecule has 6 heteroatoms. The molecular weight excluding hydrogens is 242 g/mol. The first-order chi connectivity index (χ1) is 7.95. The van der Waals surface area contributed by atoms with Gasteiger partial charge in [0, 0.05) is 28.1 Å². The molecule has 1 rings (SSSR count). The van der Waals surface area contributed by atoms with Crippen LogP contribution in [0.1, 0.15) is 16.8 Å². The molecule has 0 aliphatic carbocycles. The van der Waals surface area contributed by atoms with Gasteiger partial charge in [-0.15, -0.1) is 0 Å². The molecule has 1 heterocycles. The maximum Gasteiger partial charge on any atom is 0.316 e. The number of carboxylic acid groups (broad SMARTS) is 1. The van der Waals surface area contributed by atoms with Gasteiger partial charge in [0.2, 0.25) is 0 Å². The molecule has 94 valence electrons. The molecule has 0 saturated carbocycles. The van der Waals surface area contributed by atoms with E-state index in [0.29, 0.717) is 11.4 Å². The van der Waals surface area contributed by atoms with Crippen LogP contribution in [0, 0.1) is 13.8 Å². The fourth-order valence-electron chi connectivity index (χ4n) is 1.56. The lowest BCUT2D eigenvalue weighted by Crippen LogP contribution is -2.12. The number of carbonyl (C=O) groups is 1. The Morgan fingerprint density at radius 3 is 2.71 bits per heavy atom. The molecule has 0 amide bonds. The summed E-state index contributed by atoms with van der Waals surface area (Å²) in [6.07, 6.45) is 1.64. The quantitative estimate of drug-likeness (QED) is 0.853. The van der Waals surface area contributed by atoms with Crippen molar-refractivity contribution in [1.82, 2.24) is 4.98 Å². The van der Waals surface area contributed by atoms with Crippen LogP contribution in [0.5, 0.6) is 5.75 Å². The number of aliphatic carboxylic acids is 1. The van der Waals surface area contributed by atoms with Gasteiger partial charge >= 0.3 is 5.97 Å². The molecule has 0 aliphatic heterocycles. The lowest BCUT2D eigenvalue weighted by atomic mass is 10.1. The Hall–Kier alpha value is -1.43. The van der Waals surface area contributed by atoms with E-state index >= 15 is 0 Å². The molecule has 1 unspecified atom stereocenters. The molecule has 0 fully saturated rings. The van der Waals surface area contributed by atoms with Crippen molar-refractivity contribution in [1.29, 1.82) is 0 Å². The molecule has 0 bridgehead atoms. The first kappa shape index (κ1) is 13.6. The van der Waals surface area contributed by atoms with Gasteiger partial charge in [-0.1, -0.05) is 0 Å². The summed E-state index contributed by atoms with van der Waals surface area (Å²) in [6, 6.07) is 0. The minimum absolute atomic E-state index is 0.134. The zero-order valence-corrected chi connectivity index (χ0v) is 10.8. The highest BCUT2D eigenvalue weighted by molar-refractivity contribution is 7.84. The second-order valence-corrected chi connectivity index (χ2v) is 5.13. The number of hydrogen-bond donors (Lipinski definition) is 1. The molecule has 1 aromatic heterocycles. The van der Waals surface area contributed by atoms with Crippen molar-refractivity contribution in [2.45, 2.75) is 19.6 Å². The van der Waals surface area contributed by atoms with Gasteiger partial charge in [-0.3, -0.25) is 14.0 Å². The first-order valence-corrected chi connectivity index (χ1v) is 6.50. The van der Waals surface area contributed by atoms with E-state index in [-0.39, 0.29) is 11.5 Å². The van der Waals surface area contributed by atoms with E-state index in [1.807, 2.05) is 13.8 Å². The molecule has 1 aromatic rings. The standard InChI is InChI=1S/C11H15NO4S/c1-7-4-12-9(8(2)11(7)16-3)5-17(15)6-10(13)14/h4H,5-6H2,1-3H3,(H,13,14). The van der Waals surface area contributed by atoms with Gasteiger partial charge < -0.3 is 9.84 Å². The van der Waals surface area contributed by atoms with E-state index in [4.69, 9.17) is 9.84 Å². The van der Waals surface area contributed by atoms with Gasteiger partial charge in [0.25, 0.3) is 0 Å². The Morgan fingerprint density at radius 2 is 2.18 bits per heavy atom. The van der Waals surface area contributed by atoms with E-state index in [1.165, 1.54) is 0 Å². The predicted molar refractivity (Wildman–Crippen MR) is 64.6 cm³/mol. The third-order valence-electron chi connectivity index (χ3n) is 2.33. The molecule has 5 nitrogen and oxygen atoms in total. The highest BCUT2D eigenvalue weighted by atomic mass is 32.2. The van der Waals surface area contributed by atoms with Gasteiger partial charge in [-0.25, -0.2) is 0 Å². The van der Waals surface area contributed by atoms with Crippen molar-refractivity contribution in [2.24, 2.45) is 0 Å². The summed E-state index contributed by atoms with van der Waals surface area (Å²) >= 11 is 0. The van der Waals surface area contributed by atoms with Crippen molar-refractivity contribution in [2.75, 3.05) is 12.9 Å². The highest BCUT2D eigenvalue weighted by Crippen LogP contribution is 2.24. The Bertz CT molecular complexity index is 459. The third-order valence-corrected chi connectivity index (χ3v) is 3.50. The highest BCUT2D eigenvalue weighted by Gasteiger charge is 2.13. The van der Waals surface area contributed by atoms with Crippen molar-refractivity contribution in [3.8, 4) is 5.75 Å². The monoisotopic (exact) mass is 257 g/mol. The summed E-state index contributed by atoms with van der Waals surface area (Å²) in [5, 5.41) is 8.54. The number of aryl methyl sites for hydroxylation is 1. The van der Waals surface area contributed by atoms with Crippen LogP contribution in [0.15, 0.2) is 6.20 Å². The average Bonchev–Trinajstić information content (AvgIpc) is 2.22. The van der Waals surface area contributed by atoms with E-state index in [2.05, 4.69) is 4.98 Å². The minimum Gasteiger partial charge on any atom is -0.496 e. The van der Waals surface area contributed by atoms with Crippen molar-refractivity contribution in [3.05, 3.63) is 23.0 Å². The number of aromatic nitrogens is 1. The van der Waals surface area contributed by atoms with E-state index in [0.717, 1.165) is 11.1 Å². The first-order valence-electron chi connectivity index (χ1n) is 5.01. The van der Waals surface area contributed by atoms with Gasteiger partial charge in [-0.2, -0.15) is 0 Å². The number of nitrogens with zero attached hydrogens (tertiary/aromatic N) is 1. The number of methoxy groups -OCH3 is 1. The average molecular weight is 257 g/mol. The number of hydrogen-bond acceptors (Lipinski definition) is 4. The summed E-state index contributed by atoms with van der Waals surface area (Å²) in [5.41, 5.74) is 2.33. The molecule has 0 saturated heterocycles. The summed E-state index contributed by atoms with van der Waals surface area (Å²) in [5.74, 6) is -0.589. The molecule has 0 aromatic carbocycles. The molecule has 1 atom stereocenters. The largest absolute Gasteiger partial charge is 0.496 e. The summed E-state index contributed by atoms with van der Waals surface area (Å²) < 4.78 is 16.7. The zero-order valence-electron chi connectivity index (χ0n) is 10.0. The molecule has 17 heavy (non-hydrogen) atoms. The third kappa shape index (κ3) is 3.52.